The predicted molar refractivity (Wildman–Crippen MR) is 112 cm³/mol. The fourth-order valence-corrected chi connectivity index (χ4v) is 4.77. The van der Waals surface area contributed by atoms with Crippen LogP contribution in [0.25, 0.3) is 21.7 Å². The van der Waals surface area contributed by atoms with Crippen molar-refractivity contribution in [3.63, 3.8) is 0 Å². The van der Waals surface area contributed by atoms with E-state index in [2.05, 4.69) is 39.9 Å². The molecule has 3 aromatic heterocycles. The highest BCUT2D eigenvalue weighted by atomic mass is 32.1. The second-order valence-corrected chi connectivity index (χ2v) is 8.33. The number of ether oxygens (including phenoxy) is 1. The van der Waals surface area contributed by atoms with Crippen molar-refractivity contribution in [1.82, 2.24) is 14.1 Å². The summed E-state index contributed by atoms with van der Waals surface area (Å²) in [6.07, 6.45) is 5.84. The third-order valence-corrected chi connectivity index (χ3v) is 6.58. The summed E-state index contributed by atoms with van der Waals surface area (Å²) in [7, 11) is 2.11. The summed E-state index contributed by atoms with van der Waals surface area (Å²) < 4.78 is 11.8. The van der Waals surface area contributed by atoms with Gasteiger partial charge in [-0.15, -0.1) is 11.3 Å². The molecule has 144 valence electrons. The molecule has 4 aromatic rings. The van der Waals surface area contributed by atoms with Crippen LogP contribution in [0.2, 0.25) is 0 Å². The Balaban J connectivity index is 1.44. The molecule has 1 N–H and O–H groups in total. The summed E-state index contributed by atoms with van der Waals surface area (Å²) in [6.45, 7) is 1.31. The van der Waals surface area contributed by atoms with E-state index in [4.69, 9.17) is 9.72 Å². The van der Waals surface area contributed by atoms with Crippen LogP contribution in [0.1, 0.15) is 30.9 Å². The number of aromatic hydroxyl groups is 1. The summed E-state index contributed by atoms with van der Waals surface area (Å²) in [5, 5.41) is 11.6. The second-order valence-electron chi connectivity index (χ2n) is 7.39. The Kier molecular flexibility index (Phi) is 4.36. The Labute approximate surface area is 167 Å². The van der Waals surface area contributed by atoms with Gasteiger partial charge in [-0.25, -0.2) is 4.98 Å². The Morgan fingerprint density at radius 1 is 1.21 bits per heavy atom. The average molecular weight is 394 g/mol. The van der Waals surface area contributed by atoms with E-state index in [1.54, 1.807) is 35.6 Å². The van der Waals surface area contributed by atoms with Gasteiger partial charge in [0.2, 0.25) is 0 Å². The number of thiophene rings is 1. The van der Waals surface area contributed by atoms with Gasteiger partial charge in [0.1, 0.15) is 18.1 Å². The lowest BCUT2D eigenvalue weighted by molar-refractivity contribution is 0.291. The summed E-state index contributed by atoms with van der Waals surface area (Å²) in [5.74, 6) is 2.64. The highest BCUT2D eigenvalue weighted by Gasteiger charge is 2.26. The van der Waals surface area contributed by atoms with E-state index in [0.717, 1.165) is 23.8 Å². The number of hydrogen-bond acceptors (Lipinski definition) is 4. The fraction of sp³-hybridized carbons (Fsp3) is 0.318. The van der Waals surface area contributed by atoms with Crippen LogP contribution < -0.4 is 4.74 Å². The molecular weight excluding hydrogens is 370 g/mol. The maximum atomic E-state index is 9.42. The van der Waals surface area contributed by atoms with Crippen molar-refractivity contribution in [3.05, 3.63) is 53.7 Å². The molecule has 28 heavy (non-hydrogen) atoms. The summed E-state index contributed by atoms with van der Waals surface area (Å²) in [5.41, 5.74) is 3.72. The number of fused-ring (bicyclic) bond motifs is 1. The third-order valence-electron chi connectivity index (χ3n) is 5.72. The number of imidazole rings is 1. The van der Waals surface area contributed by atoms with Gasteiger partial charge in [0, 0.05) is 24.9 Å². The third kappa shape index (κ3) is 2.98. The molecule has 0 amide bonds. The fourth-order valence-electron chi connectivity index (χ4n) is 3.92. The van der Waals surface area contributed by atoms with Crippen LogP contribution in [-0.2, 0) is 13.6 Å². The van der Waals surface area contributed by atoms with Gasteiger partial charge in [0.25, 0.3) is 0 Å². The molecule has 1 saturated carbocycles. The monoisotopic (exact) mass is 393 g/mol. The number of phenols is 1. The van der Waals surface area contributed by atoms with Crippen molar-refractivity contribution < 1.29 is 9.84 Å². The van der Waals surface area contributed by atoms with Crippen molar-refractivity contribution in [1.29, 1.82) is 0 Å². The zero-order valence-electron chi connectivity index (χ0n) is 15.8. The standard InChI is InChI=1S/C22H23N3O2S/c1-24-18-9-12-28-21(18)13-19(24)22-23-14-20(15-3-2-4-15)25(22)10-11-27-17-7-5-16(26)6-8-17/h5-9,12-15,26H,2-4,10-11H2,1H3. The van der Waals surface area contributed by atoms with Crippen LogP contribution in [0.4, 0.5) is 0 Å². The number of hydrogen-bond donors (Lipinski definition) is 1. The molecule has 1 aliphatic carbocycles. The Morgan fingerprint density at radius 2 is 2.04 bits per heavy atom. The minimum atomic E-state index is 0.250. The van der Waals surface area contributed by atoms with Crippen molar-refractivity contribution in [3.8, 4) is 23.0 Å². The first kappa shape index (κ1) is 17.4. The normalized spacial score (nSPS) is 14.5. The van der Waals surface area contributed by atoms with Crippen molar-refractivity contribution in [2.24, 2.45) is 7.05 Å². The van der Waals surface area contributed by atoms with E-state index in [-0.39, 0.29) is 5.75 Å². The predicted octanol–water partition coefficient (Wildman–Crippen LogP) is 5.16. The van der Waals surface area contributed by atoms with Crippen LogP contribution in [0.5, 0.6) is 11.5 Å². The number of rotatable bonds is 6. The maximum absolute atomic E-state index is 9.42. The van der Waals surface area contributed by atoms with E-state index in [1.165, 1.54) is 35.2 Å². The molecule has 1 aliphatic rings. The zero-order chi connectivity index (χ0) is 19.1. The molecule has 0 spiro atoms. The van der Waals surface area contributed by atoms with Gasteiger partial charge >= 0.3 is 0 Å². The molecule has 6 heteroatoms. The van der Waals surface area contributed by atoms with E-state index < -0.39 is 0 Å². The van der Waals surface area contributed by atoms with E-state index in [1.807, 2.05) is 0 Å². The van der Waals surface area contributed by atoms with Crippen molar-refractivity contribution in [2.45, 2.75) is 31.7 Å². The lowest BCUT2D eigenvalue weighted by Gasteiger charge is -2.27. The van der Waals surface area contributed by atoms with Crippen LogP contribution in [0, 0.1) is 0 Å². The van der Waals surface area contributed by atoms with Crippen LogP contribution in [-0.4, -0.2) is 25.8 Å². The van der Waals surface area contributed by atoms with Gasteiger partial charge in [-0.3, -0.25) is 0 Å². The van der Waals surface area contributed by atoms with E-state index >= 15 is 0 Å². The average Bonchev–Trinajstić information content (AvgIpc) is 3.33. The molecule has 0 aliphatic heterocycles. The van der Waals surface area contributed by atoms with E-state index in [9.17, 15) is 5.11 Å². The number of aromatic nitrogens is 3. The van der Waals surface area contributed by atoms with Gasteiger partial charge in [-0.1, -0.05) is 6.42 Å². The zero-order valence-corrected chi connectivity index (χ0v) is 16.7. The highest BCUT2D eigenvalue weighted by Crippen LogP contribution is 2.39. The van der Waals surface area contributed by atoms with Gasteiger partial charge in [-0.05, 0) is 54.6 Å². The molecule has 1 aromatic carbocycles. The first-order chi connectivity index (χ1) is 13.7. The largest absolute Gasteiger partial charge is 0.508 e. The summed E-state index contributed by atoms with van der Waals surface area (Å²) >= 11 is 1.76. The molecule has 1 fully saturated rings. The first-order valence-electron chi connectivity index (χ1n) is 9.71. The summed E-state index contributed by atoms with van der Waals surface area (Å²) in [4.78, 5) is 4.82. The molecular formula is C22H23N3O2S. The molecule has 0 saturated heterocycles. The number of nitrogens with zero attached hydrogens (tertiary/aromatic N) is 3. The second kappa shape index (κ2) is 7.02. The van der Waals surface area contributed by atoms with Gasteiger partial charge in [0.15, 0.2) is 5.82 Å². The lowest BCUT2D eigenvalue weighted by Crippen LogP contribution is -2.18. The Bertz CT molecular complexity index is 1100. The first-order valence-corrected chi connectivity index (χ1v) is 10.6. The quantitative estimate of drug-likeness (QED) is 0.492. The topological polar surface area (TPSA) is 52.2 Å². The van der Waals surface area contributed by atoms with Crippen LogP contribution in [0.3, 0.4) is 0 Å². The van der Waals surface area contributed by atoms with Crippen LogP contribution >= 0.6 is 11.3 Å². The number of aryl methyl sites for hydroxylation is 1. The smallest absolute Gasteiger partial charge is 0.157 e. The lowest BCUT2D eigenvalue weighted by atomic mass is 9.83. The molecule has 0 atom stereocenters. The maximum Gasteiger partial charge on any atom is 0.157 e. The molecule has 0 radical (unpaired) electrons. The molecule has 0 bridgehead atoms. The molecule has 0 unspecified atom stereocenters. The SMILES string of the molecule is Cn1c(-c2ncc(C3CCC3)n2CCOc2ccc(O)cc2)cc2sccc21. The Morgan fingerprint density at radius 3 is 2.75 bits per heavy atom. The summed E-state index contributed by atoms with van der Waals surface area (Å²) in [6, 6.07) is 11.3. The van der Waals surface area contributed by atoms with E-state index in [0.29, 0.717) is 12.5 Å². The minimum Gasteiger partial charge on any atom is -0.508 e. The minimum absolute atomic E-state index is 0.250. The van der Waals surface area contributed by atoms with Crippen molar-refractivity contribution in [2.75, 3.05) is 6.61 Å². The Hall–Kier alpha value is -2.73. The molecule has 5 rings (SSSR count). The van der Waals surface area contributed by atoms with Gasteiger partial charge in [0.05, 0.1) is 22.5 Å². The molecule has 3 heterocycles. The van der Waals surface area contributed by atoms with Crippen molar-refractivity contribution >= 4 is 21.6 Å². The van der Waals surface area contributed by atoms with Crippen LogP contribution in [0.15, 0.2) is 48.0 Å². The highest BCUT2D eigenvalue weighted by molar-refractivity contribution is 7.17. The molecule has 5 nitrogen and oxygen atoms in total. The number of phenolic OH excluding ortho intramolecular Hbond substituents is 1. The van der Waals surface area contributed by atoms with Gasteiger partial charge < -0.3 is 19.0 Å². The number of benzene rings is 1. The van der Waals surface area contributed by atoms with Gasteiger partial charge in [-0.2, -0.15) is 0 Å².